The smallest absolute Gasteiger partial charge is 0.268 e. The first-order valence-corrected chi connectivity index (χ1v) is 6.51. The van der Waals surface area contributed by atoms with Gasteiger partial charge in [0.2, 0.25) is 0 Å². The average molecular weight is 295 g/mol. The van der Waals surface area contributed by atoms with Crippen LogP contribution in [-0.4, -0.2) is 5.91 Å². The summed E-state index contributed by atoms with van der Waals surface area (Å²) < 4.78 is 10.8. The van der Waals surface area contributed by atoms with E-state index in [1.165, 1.54) is 6.26 Å². The number of hydrazine groups is 1. The standard InChI is InChI=1S/C14H15ClN2O3/c1-2-9-5-11(3-4-13(9)15)20-8-12-6-10(7-19-12)14(18)17-16/h3-7H,2,8,16H2,1H3,(H,17,18). The predicted octanol–water partition coefficient (Wildman–Crippen LogP) is 2.68. The number of halogens is 1. The molecule has 3 N–H and O–H groups in total. The Kier molecular flexibility index (Phi) is 4.65. The lowest BCUT2D eigenvalue weighted by Crippen LogP contribution is -2.29. The summed E-state index contributed by atoms with van der Waals surface area (Å²) >= 11 is 6.04. The Bertz CT molecular complexity index is 610. The first kappa shape index (κ1) is 14.4. The maximum absolute atomic E-state index is 11.3. The molecule has 20 heavy (non-hydrogen) atoms. The van der Waals surface area contributed by atoms with Crippen LogP contribution in [0.5, 0.6) is 5.75 Å². The van der Waals surface area contributed by atoms with E-state index in [1.807, 2.05) is 18.4 Å². The topological polar surface area (TPSA) is 77.5 Å². The second-order valence-electron chi connectivity index (χ2n) is 4.17. The van der Waals surface area contributed by atoms with Crippen LogP contribution in [0, 0.1) is 0 Å². The lowest BCUT2D eigenvalue weighted by Gasteiger charge is -2.07. The average Bonchev–Trinajstić information content (AvgIpc) is 2.94. The summed E-state index contributed by atoms with van der Waals surface area (Å²) in [6.07, 6.45) is 2.16. The van der Waals surface area contributed by atoms with Gasteiger partial charge in [0.15, 0.2) is 0 Å². The van der Waals surface area contributed by atoms with Crippen molar-refractivity contribution in [1.29, 1.82) is 0 Å². The molecular formula is C14H15ClN2O3. The number of furan rings is 1. The van der Waals surface area contributed by atoms with Gasteiger partial charge in [0, 0.05) is 5.02 Å². The Labute approximate surface area is 121 Å². The molecule has 1 aromatic carbocycles. The Hall–Kier alpha value is -1.98. The molecule has 0 saturated heterocycles. The number of rotatable bonds is 5. The summed E-state index contributed by atoms with van der Waals surface area (Å²) in [5.41, 5.74) is 3.41. The van der Waals surface area contributed by atoms with Crippen LogP contribution in [0.3, 0.4) is 0 Å². The van der Waals surface area contributed by atoms with E-state index in [1.54, 1.807) is 18.2 Å². The molecule has 2 rings (SSSR count). The minimum absolute atomic E-state index is 0.225. The van der Waals surface area contributed by atoms with Crippen molar-refractivity contribution < 1.29 is 13.9 Å². The quantitative estimate of drug-likeness (QED) is 0.505. The van der Waals surface area contributed by atoms with Gasteiger partial charge in [-0.05, 0) is 36.2 Å². The van der Waals surface area contributed by atoms with Gasteiger partial charge in [0.05, 0.1) is 5.56 Å². The number of ether oxygens (including phenoxy) is 1. The number of carbonyl (C=O) groups excluding carboxylic acids is 1. The van der Waals surface area contributed by atoms with Crippen molar-refractivity contribution >= 4 is 17.5 Å². The summed E-state index contributed by atoms with van der Waals surface area (Å²) in [6, 6.07) is 7.06. The molecule has 5 nitrogen and oxygen atoms in total. The van der Waals surface area contributed by atoms with Crippen molar-refractivity contribution in [2.45, 2.75) is 20.0 Å². The van der Waals surface area contributed by atoms with Crippen molar-refractivity contribution in [1.82, 2.24) is 5.43 Å². The van der Waals surface area contributed by atoms with Gasteiger partial charge >= 0.3 is 0 Å². The van der Waals surface area contributed by atoms with E-state index >= 15 is 0 Å². The summed E-state index contributed by atoms with van der Waals surface area (Å²) in [5, 5.41) is 0.722. The van der Waals surface area contributed by atoms with Crippen molar-refractivity contribution in [2.75, 3.05) is 0 Å². The highest BCUT2D eigenvalue weighted by Crippen LogP contribution is 2.23. The van der Waals surface area contributed by atoms with Gasteiger partial charge in [0.1, 0.15) is 24.4 Å². The molecule has 0 unspecified atom stereocenters. The van der Waals surface area contributed by atoms with Crippen molar-refractivity contribution in [3.63, 3.8) is 0 Å². The monoisotopic (exact) mass is 294 g/mol. The number of hydrogen-bond acceptors (Lipinski definition) is 4. The molecule has 0 fully saturated rings. The SMILES string of the molecule is CCc1cc(OCc2cc(C(=O)NN)co2)ccc1Cl. The lowest BCUT2D eigenvalue weighted by atomic mass is 10.1. The maximum atomic E-state index is 11.3. The van der Waals surface area contributed by atoms with Crippen LogP contribution in [0.25, 0.3) is 0 Å². The van der Waals surface area contributed by atoms with E-state index < -0.39 is 5.91 Å². The maximum Gasteiger partial charge on any atom is 0.268 e. The zero-order valence-electron chi connectivity index (χ0n) is 11.0. The van der Waals surface area contributed by atoms with E-state index in [4.69, 9.17) is 26.6 Å². The highest BCUT2D eigenvalue weighted by atomic mass is 35.5. The molecule has 2 aromatic rings. The summed E-state index contributed by atoms with van der Waals surface area (Å²) in [5.74, 6) is 5.88. The molecule has 106 valence electrons. The number of aryl methyl sites for hydroxylation is 1. The van der Waals surface area contributed by atoms with Crippen LogP contribution < -0.4 is 16.0 Å². The molecule has 0 atom stereocenters. The fourth-order valence-corrected chi connectivity index (χ4v) is 1.98. The third-order valence-electron chi connectivity index (χ3n) is 2.83. The number of hydrogen-bond donors (Lipinski definition) is 2. The normalized spacial score (nSPS) is 10.3. The zero-order valence-corrected chi connectivity index (χ0v) is 11.7. The van der Waals surface area contributed by atoms with Crippen molar-refractivity contribution in [2.24, 2.45) is 5.84 Å². The largest absolute Gasteiger partial charge is 0.486 e. The molecule has 6 heteroatoms. The number of nitrogens with two attached hydrogens (primary N) is 1. The highest BCUT2D eigenvalue weighted by Gasteiger charge is 2.09. The number of benzene rings is 1. The molecule has 0 radical (unpaired) electrons. The lowest BCUT2D eigenvalue weighted by molar-refractivity contribution is 0.0953. The minimum atomic E-state index is -0.403. The second kappa shape index (κ2) is 6.45. The van der Waals surface area contributed by atoms with Crippen LogP contribution in [0.4, 0.5) is 0 Å². The molecule has 0 saturated carbocycles. The van der Waals surface area contributed by atoms with Crippen LogP contribution in [0.2, 0.25) is 5.02 Å². The van der Waals surface area contributed by atoms with Gasteiger partial charge < -0.3 is 9.15 Å². The third-order valence-corrected chi connectivity index (χ3v) is 3.19. The van der Waals surface area contributed by atoms with Crippen molar-refractivity contribution in [3.8, 4) is 5.75 Å². The zero-order chi connectivity index (χ0) is 14.5. The van der Waals surface area contributed by atoms with Gasteiger partial charge in [-0.2, -0.15) is 0 Å². The summed E-state index contributed by atoms with van der Waals surface area (Å²) in [6.45, 7) is 2.25. The summed E-state index contributed by atoms with van der Waals surface area (Å²) in [4.78, 5) is 11.3. The Balaban J connectivity index is 2.01. The fraction of sp³-hybridized carbons (Fsp3) is 0.214. The molecule has 0 aliphatic heterocycles. The van der Waals surface area contributed by atoms with Crippen LogP contribution in [-0.2, 0) is 13.0 Å². The molecule has 0 aliphatic carbocycles. The number of amides is 1. The van der Waals surface area contributed by atoms with Crippen LogP contribution in [0.15, 0.2) is 34.9 Å². The van der Waals surface area contributed by atoms with Gasteiger partial charge in [-0.1, -0.05) is 18.5 Å². The molecule has 1 heterocycles. The second-order valence-corrected chi connectivity index (χ2v) is 4.58. The fourth-order valence-electron chi connectivity index (χ4n) is 1.73. The molecule has 1 amide bonds. The first-order valence-electron chi connectivity index (χ1n) is 6.13. The minimum Gasteiger partial charge on any atom is -0.486 e. The van der Waals surface area contributed by atoms with Gasteiger partial charge in [0.25, 0.3) is 5.91 Å². The highest BCUT2D eigenvalue weighted by molar-refractivity contribution is 6.31. The number of nitrogens with one attached hydrogen (secondary N) is 1. The van der Waals surface area contributed by atoms with Gasteiger partial charge in [-0.15, -0.1) is 0 Å². The van der Waals surface area contributed by atoms with Crippen LogP contribution >= 0.6 is 11.6 Å². The third kappa shape index (κ3) is 3.31. The van der Waals surface area contributed by atoms with Gasteiger partial charge in [-0.3, -0.25) is 10.2 Å². The number of nitrogen functional groups attached to an aromatic ring is 1. The molecule has 1 aromatic heterocycles. The Morgan fingerprint density at radius 1 is 1.45 bits per heavy atom. The van der Waals surface area contributed by atoms with E-state index in [0.29, 0.717) is 17.1 Å². The van der Waals surface area contributed by atoms with E-state index in [2.05, 4.69) is 0 Å². The Morgan fingerprint density at radius 3 is 2.95 bits per heavy atom. The van der Waals surface area contributed by atoms with Crippen molar-refractivity contribution in [3.05, 3.63) is 52.4 Å². The first-order chi connectivity index (χ1) is 9.63. The molecule has 0 bridgehead atoms. The summed E-state index contributed by atoms with van der Waals surface area (Å²) in [7, 11) is 0. The molecule has 0 aliphatic rings. The number of carbonyl (C=O) groups is 1. The van der Waals surface area contributed by atoms with E-state index in [0.717, 1.165) is 17.0 Å². The predicted molar refractivity (Wildman–Crippen MR) is 75.5 cm³/mol. The Morgan fingerprint density at radius 2 is 2.25 bits per heavy atom. The molecular weight excluding hydrogens is 280 g/mol. The van der Waals surface area contributed by atoms with E-state index in [9.17, 15) is 4.79 Å². The molecule has 0 spiro atoms. The van der Waals surface area contributed by atoms with Crippen LogP contribution in [0.1, 0.15) is 28.6 Å². The van der Waals surface area contributed by atoms with E-state index in [-0.39, 0.29) is 6.61 Å². The van der Waals surface area contributed by atoms with Gasteiger partial charge in [-0.25, -0.2) is 5.84 Å².